The van der Waals surface area contributed by atoms with Crippen LogP contribution >= 0.6 is 0 Å². The lowest BCUT2D eigenvalue weighted by atomic mass is 9.90. The summed E-state index contributed by atoms with van der Waals surface area (Å²) in [5.74, 6) is -1.97. The number of carbonyl (C=O) groups is 2. The maximum absolute atomic E-state index is 12.8. The van der Waals surface area contributed by atoms with E-state index in [0.29, 0.717) is 19.3 Å². The Morgan fingerprint density at radius 1 is 1.28 bits per heavy atom. The van der Waals surface area contributed by atoms with E-state index < -0.39 is 41.8 Å². The van der Waals surface area contributed by atoms with Gasteiger partial charge >= 0.3 is 12.1 Å². The minimum Gasteiger partial charge on any atom is -0.491 e. The monoisotopic (exact) mass is 456 g/mol. The number of hydrogen-bond acceptors (Lipinski definition) is 5. The SMILES string of the molecule is O=C(O)CCC/C=C/C[C@@H]1C(=O)C[C@@H](O)[C@H]1C=C[C@H](O)COc1cccc(C(F)(F)F)c1. The lowest BCUT2D eigenvalue weighted by molar-refractivity contribution is -0.138. The van der Waals surface area contributed by atoms with E-state index in [2.05, 4.69) is 0 Å². The van der Waals surface area contributed by atoms with Crippen molar-refractivity contribution in [1.29, 1.82) is 0 Å². The van der Waals surface area contributed by atoms with Crippen molar-refractivity contribution in [3.8, 4) is 5.75 Å². The third kappa shape index (κ3) is 8.12. The molecule has 1 saturated carbocycles. The molecule has 1 aromatic carbocycles. The van der Waals surface area contributed by atoms with E-state index in [-0.39, 0.29) is 31.0 Å². The summed E-state index contributed by atoms with van der Waals surface area (Å²) in [7, 11) is 0. The number of Topliss-reactive ketones (excluding diaryl/α,β-unsaturated/α-hetero) is 1. The van der Waals surface area contributed by atoms with E-state index in [1.165, 1.54) is 18.2 Å². The zero-order valence-corrected chi connectivity index (χ0v) is 17.4. The first-order valence-corrected chi connectivity index (χ1v) is 10.3. The van der Waals surface area contributed by atoms with Crippen LogP contribution in [-0.2, 0) is 15.8 Å². The average molecular weight is 456 g/mol. The molecule has 0 spiro atoms. The van der Waals surface area contributed by atoms with Crippen molar-refractivity contribution in [3.05, 3.63) is 54.1 Å². The number of ketones is 1. The number of allylic oxidation sites excluding steroid dienone is 2. The number of carbonyl (C=O) groups excluding carboxylic acids is 1. The molecule has 0 unspecified atom stereocenters. The molecular formula is C23H27F3O6. The first-order chi connectivity index (χ1) is 15.1. The largest absolute Gasteiger partial charge is 0.491 e. The molecule has 0 amide bonds. The van der Waals surface area contributed by atoms with Crippen LogP contribution in [0.25, 0.3) is 0 Å². The van der Waals surface area contributed by atoms with Gasteiger partial charge in [-0.2, -0.15) is 13.2 Å². The second-order valence-electron chi connectivity index (χ2n) is 7.70. The Balaban J connectivity index is 1.88. The molecule has 1 fully saturated rings. The zero-order chi connectivity index (χ0) is 23.7. The van der Waals surface area contributed by atoms with Gasteiger partial charge in [0.15, 0.2) is 0 Å². The summed E-state index contributed by atoms with van der Waals surface area (Å²) in [6.07, 6.45) is 1.49. The van der Waals surface area contributed by atoms with Crippen molar-refractivity contribution in [1.82, 2.24) is 0 Å². The van der Waals surface area contributed by atoms with Crippen LogP contribution in [0.4, 0.5) is 13.2 Å². The normalized spacial score (nSPS) is 22.7. The second-order valence-corrected chi connectivity index (χ2v) is 7.70. The van der Waals surface area contributed by atoms with Crippen molar-refractivity contribution >= 4 is 11.8 Å². The van der Waals surface area contributed by atoms with E-state index >= 15 is 0 Å². The predicted molar refractivity (Wildman–Crippen MR) is 110 cm³/mol. The summed E-state index contributed by atoms with van der Waals surface area (Å²) < 4.78 is 43.5. The summed E-state index contributed by atoms with van der Waals surface area (Å²) in [6.45, 7) is -0.289. The van der Waals surface area contributed by atoms with Crippen LogP contribution < -0.4 is 4.74 Å². The van der Waals surface area contributed by atoms with Gasteiger partial charge in [0.2, 0.25) is 0 Å². The molecule has 2 rings (SSSR count). The number of hydrogen-bond donors (Lipinski definition) is 3. The number of carboxylic acids is 1. The molecule has 0 saturated heterocycles. The average Bonchev–Trinajstić information content (AvgIpc) is 2.99. The molecule has 1 aliphatic rings. The van der Waals surface area contributed by atoms with Gasteiger partial charge in [0.1, 0.15) is 24.2 Å². The van der Waals surface area contributed by atoms with Gasteiger partial charge in [-0.3, -0.25) is 9.59 Å². The number of aliphatic hydroxyl groups is 2. The van der Waals surface area contributed by atoms with Crippen LogP contribution in [0, 0.1) is 11.8 Å². The lowest BCUT2D eigenvalue weighted by Gasteiger charge is -2.17. The van der Waals surface area contributed by atoms with Gasteiger partial charge in [0, 0.05) is 24.7 Å². The summed E-state index contributed by atoms with van der Waals surface area (Å²) in [5, 5.41) is 28.9. The van der Waals surface area contributed by atoms with Gasteiger partial charge in [0.25, 0.3) is 0 Å². The number of unbranched alkanes of at least 4 members (excludes halogenated alkanes) is 1. The first-order valence-electron chi connectivity index (χ1n) is 10.3. The van der Waals surface area contributed by atoms with Crippen molar-refractivity contribution in [3.63, 3.8) is 0 Å². The molecule has 0 aromatic heterocycles. The summed E-state index contributed by atoms with van der Waals surface area (Å²) in [5.41, 5.74) is -0.855. The molecule has 0 radical (unpaired) electrons. The molecule has 176 valence electrons. The second kappa shape index (κ2) is 11.8. The third-order valence-electron chi connectivity index (χ3n) is 5.19. The fraction of sp³-hybridized carbons (Fsp3) is 0.478. The number of rotatable bonds is 11. The number of alkyl halides is 3. The van der Waals surface area contributed by atoms with Crippen molar-refractivity contribution in [2.24, 2.45) is 11.8 Å². The highest BCUT2D eigenvalue weighted by Crippen LogP contribution is 2.34. The fourth-order valence-corrected chi connectivity index (χ4v) is 3.52. The van der Waals surface area contributed by atoms with Gasteiger partial charge in [-0.05, 0) is 37.5 Å². The summed E-state index contributed by atoms with van der Waals surface area (Å²) >= 11 is 0. The first kappa shape index (κ1) is 25.6. The topological polar surface area (TPSA) is 104 Å². The maximum atomic E-state index is 12.8. The van der Waals surface area contributed by atoms with Crippen LogP contribution in [0.3, 0.4) is 0 Å². The molecule has 6 nitrogen and oxygen atoms in total. The Morgan fingerprint density at radius 3 is 2.72 bits per heavy atom. The maximum Gasteiger partial charge on any atom is 0.416 e. The highest BCUT2D eigenvalue weighted by molar-refractivity contribution is 5.84. The van der Waals surface area contributed by atoms with Crippen LogP contribution in [0.2, 0.25) is 0 Å². The quantitative estimate of drug-likeness (QED) is 0.346. The number of benzene rings is 1. The summed E-state index contributed by atoms with van der Waals surface area (Å²) in [4.78, 5) is 22.7. The van der Waals surface area contributed by atoms with Crippen molar-refractivity contribution in [2.45, 2.75) is 50.5 Å². The van der Waals surface area contributed by atoms with Gasteiger partial charge in [0.05, 0.1) is 11.7 Å². The molecule has 0 bridgehead atoms. The molecule has 1 aromatic rings. The number of halogens is 3. The van der Waals surface area contributed by atoms with E-state index in [0.717, 1.165) is 12.1 Å². The predicted octanol–water partition coefficient (Wildman–Crippen LogP) is 3.77. The molecule has 32 heavy (non-hydrogen) atoms. The number of aliphatic carboxylic acids is 1. The van der Waals surface area contributed by atoms with Gasteiger partial charge in [-0.1, -0.05) is 30.4 Å². The number of carboxylic acid groups (broad SMARTS) is 1. The van der Waals surface area contributed by atoms with Gasteiger partial charge < -0.3 is 20.1 Å². The molecular weight excluding hydrogens is 429 g/mol. The van der Waals surface area contributed by atoms with Crippen LogP contribution in [0.1, 0.15) is 37.7 Å². The minimum atomic E-state index is -4.50. The Hall–Kier alpha value is -2.65. The van der Waals surface area contributed by atoms with E-state index in [1.54, 1.807) is 18.2 Å². The molecule has 4 atom stereocenters. The Kier molecular flexibility index (Phi) is 9.46. The van der Waals surface area contributed by atoms with E-state index in [9.17, 15) is 33.0 Å². The molecule has 0 heterocycles. The lowest BCUT2D eigenvalue weighted by Crippen LogP contribution is -2.20. The summed E-state index contributed by atoms with van der Waals surface area (Å²) in [6, 6.07) is 4.32. The zero-order valence-electron chi connectivity index (χ0n) is 17.4. The highest BCUT2D eigenvalue weighted by Gasteiger charge is 2.39. The van der Waals surface area contributed by atoms with Crippen molar-refractivity contribution in [2.75, 3.05) is 6.61 Å². The van der Waals surface area contributed by atoms with Crippen LogP contribution in [0.15, 0.2) is 48.6 Å². The standard InChI is InChI=1S/C23H27F3O6/c24-23(25,26)15-6-5-7-17(12-15)32-14-16(27)10-11-19-18(20(28)13-21(19)29)8-3-1-2-4-9-22(30)31/h1,3,5-7,10-12,16,18-19,21,27,29H,2,4,8-9,13-14H2,(H,30,31)/b3-1+,11-10?/t16-,18-,19-,21+/m0/s1. The smallest absolute Gasteiger partial charge is 0.416 e. The van der Waals surface area contributed by atoms with E-state index in [4.69, 9.17) is 9.84 Å². The van der Waals surface area contributed by atoms with Gasteiger partial charge in [-0.25, -0.2) is 0 Å². The van der Waals surface area contributed by atoms with E-state index in [1.807, 2.05) is 0 Å². The molecule has 0 aliphatic heterocycles. The molecule has 3 N–H and O–H groups in total. The van der Waals surface area contributed by atoms with Crippen LogP contribution in [-0.4, -0.2) is 45.9 Å². The fourth-order valence-electron chi connectivity index (χ4n) is 3.52. The van der Waals surface area contributed by atoms with Crippen molar-refractivity contribution < 1.29 is 42.8 Å². The third-order valence-corrected chi connectivity index (χ3v) is 5.19. The van der Waals surface area contributed by atoms with Crippen LogP contribution in [0.5, 0.6) is 5.75 Å². The molecule has 1 aliphatic carbocycles. The Labute approximate surface area is 184 Å². The Morgan fingerprint density at radius 2 is 2.03 bits per heavy atom. The highest BCUT2D eigenvalue weighted by atomic mass is 19.4. The number of ether oxygens (including phenoxy) is 1. The number of aliphatic hydroxyl groups excluding tert-OH is 2. The molecule has 9 heteroatoms. The van der Waals surface area contributed by atoms with Gasteiger partial charge in [-0.15, -0.1) is 0 Å². The Bertz CT molecular complexity index is 833. The minimum absolute atomic E-state index is 0.00333.